The van der Waals surface area contributed by atoms with Crippen LogP contribution >= 0.6 is 0 Å². The number of hydrogen-bond donors (Lipinski definition) is 0. The van der Waals surface area contributed by atoms with Crippen LogP contribution < -0.4 is 0 Å². The van der Waals surface area contributed by atoms with Gasteiger partial charge in [0.2, 0.25) is 0 Å². The van der Waals surface area contributed by atoms with E-state index in [1.807, 2.05) is 0 Å². The smallest absolute Gasteiger partial charge is 0.143 e. The number of hydrogen-bond acceptors (Lipinski definition) is 2. The van der Waals surface area contributed by atoms with Gasteiger partial charge >= 0.3 is 0 Å². The highest BCUT2D eigenvalue weighted by molar-refractivity contribution is 6.29. The average molecular weight is 1140 g/mol. The fraction of sp³-hybridized carbons (Fsp3) is 0. The van der Waals surface area contributed by atoms with Crippen molar-refractivity contribution in [2.24, 2.45) is 0 Å². The third-order valence-electron chi connectivity index (χ3n) is 18.7. The minimum atomic E-state index is 0.861. The Labute approximate surface area is 520 Å². The van der Waals surface area contributed by atoms with Gasteiger partial charge in [0.05, 0.1) is 0 Å². The van der Waals surface area contributed by atoms with Crippen molar-refractivity contribution in [3.8, 4) is 100 Å². The van der Waals surface area contributed by atoms with Crippen molar-refractivity contribution in [2.45, 2.75) is 0 Å². The normalized spacial score (nSPS) is 11.8. The molecule has 18 rings (SSSR count). The lowest BCUT2D eigenvalue weighted by atomic mass is 9.82. The third kappa shape index (κ3) is 8.12. The van der Waals surface area contributed by atoms with Gasteiger partial charge in [0.15, 0.2) is 0 Å². The summed E-state index contributed by atoms with van der Waals surface area (Å²) in [4.78, 5) is 0. The van der Waals surface area contributed by atoms with Gasteiger partial charge in [-0.1, -0.05) is 297 Å². The maximum Gasteiger partial charge on any atom is 0.143 e. The molecule has 2 heteroatoms. The van der Waals surface area contributed by atoms with Crippen LogP contribution in [0.25, 0.3) is 187 Å². The molecule has 0 saturated carbocycles. The quantitative estimate of drug-likeness (QED) is 0.135. The SMILES string of the molecule is c1ccc(-c2cc(-c3cccc(-c4ccc(-c5c6ccccc6c(-c6ccccc6-c6ccccc6)c6ccccc56)c5c4oc4ccccc45)c3)ccc2-c2c3ccccc3c(-c3cccc4oc5c(-c6ccccc6)cccc5c34)c3ccccc23)cc1. The van der Waals surface area contributed by atoms with E-state index >= 15 is 0 Å². The predicted molar refractivity (Wildman–Crippen MR) is 380 cm³/mol. The zero-order chi connectivity index (χ0) is 59.2. The van der Waals surface area contributed by atoms with Crippen LogP contribution in [0, 0.1) is 0 Å². The van der Waals surface area contributed by atoms with Gasteiger partial charge in [-0.15, -0.1) is 0 Å². The van der Waals surface area contributed by atoms with Crippen LogP contribution in [-0.2, 0) is 0 Å². The Morgan fingerprint density at radius 2 is 0.489 bits per heavy atom. The lowest BCUT2D eigenvalue weighted by Crippen LogP contribution is -1.94. The van der Waals surface area contributed by atoms with Gasteiger partial charge < -0.3 is 8.83 Å². The molecular formula is C88H54O2. The van der Waals surface area contributed by atoms with Crippen molar-refractivity contribution in [2.75, 3.05) is 0 Å². The molecule has 0 amide bonds. The molecule has 0 spiro atoms. The summed E-state index contributed by atoms with van der Waals surface area (Å²) in [7, 11) is 0. The fourth-order valence-corrected chi connectivity index (χ4v) is 14.8. The summed E-state index contributed by atoms with van der Waals surface area (Å²) in [6.45, 7) is 0. The van der Waals surface area contributed by atoms with Gasteiger partial charge in [-0.25, -0.2) is 0 Å². The summed E-state index contributed by atoms with van der Waals surface area (Å²) in [6, 6.07) is 119. The van der Waals surface area contributed by atoms with Crippen molar-refractivity contribution < 1.29 is 8.83 Å². The molecule has 0 fully saturated rings. The van der Waals surface area contributed by atoms with E-state index in [1.54, 1.807) is 0 Å². The summed E-state index contributed by atoms with van der Waals surface area (Å²) in [5.74, 6) is 0. The predicted octanol–water partition coefficient (Wildman–Crippen LogP) is 25.1. The Morgan fingerprint density at radius 1 is 0.156 bits per heavy atom. The zero-order valence-electron chi connectivity index (χ0n) is 49.0. The van der Waals surface area contributed by atoms with E-state index in [9.17, 15) is 0 Å². The van der Waals surface area contributed by atoms with E-state index in [1.165, 1.54) is 87.6 Å². The highest BCUT2D eigenvalue weighted by atomic mass is 16.3. The fourth-order valence-electron chi connectivity index (χ4n) is 14.8. The largest absolute Gasteiger partial charge is 0.455 e. The molecule has 18 aromatic rings. The number of para-hydroxylation sites is 2. The average Bonchev–Trinajstić information content (AvgIpc) is 1.15. The van der Waals surface area contributed by atoms with Gasteiger partial charge in [-0.3, -0.25) is 0 Å². The Morgan fingerprint density at radius 3 is 1.08 bits per heavy atom. The molecule has 0 atom stereocenters. The second-order valence-corrected chi connectivity index (χ2v) is 23.6. The topological polar surface area (TPSA) is 26.3 Å². The van der Waals surface area contributed by atoms with Gasteiger partial charge in [0.1, 0.15) is 22.3 Å². The van der Waals surface area contributed by atoms with E-state index in [0.29, 0.717) is 0 Å². The maximum absolute atomic E-state index is 7.13. The van der Waals surface area contributed by atoms with Crippen LogP contribution in [0.4, 0.5) is 0 Å². The molecule has 418 valence electrons. The van der Waals surface area contributed by atoms with Crippen molar-refractivity contribution in [1.82, 2.24) is 0 Å². The molecular weight excluding hydrogens is 1090 g/mol. The molecule has 90 heavy (non-hydrogen) atoms. The molecule has 0 bridgehead atoms. The molecule has 2 aromatic heterocycles. The Balaban J connectivity index is 0.800. The molecule has 16 aromatic carbocycles. The van der Waals surface area contributed by atoms with Gasteiger partial charge in [0, 0.05) is 32.7 Å². The van der Waals surface area contributed by atoms with Gasteiger partial charge in [-0.2, -0.15) is 0 Å². The van der Waals surface area contributed by atoms with Crippen LogP contribution in [0.2, 0.25) is 0 Å². The van der Waals surface area contributed by atoms with E-state index in [2.05, 4.69) is 328 Å². The molecule has 0 radical (unpaired) electrons. The number of furan rings is 2. The standard InChI is InChI=1S/C88H54O2/c1-4-25-55(26-5-1)61-33-10-11-34-64(61)81-65-35-12-18-41-71(65)84(72-42-19-13-36-66(72)81)76-52-51-63(88-86(76)74-43-20-21-47-79(74)89-88)60-32-22-31-58(53-60)59-49-50-73(78(54-59)57-29-8-3-9-30-57)82-67-37-14-16-39-69(67)83(70-40-17-15-38-68(70)82)75-45-24-48-80-85(75)77-46-23-44-62(87(77)90-80)56-27-6-2-7-28-56/h1-54H. The molecule has 0 aliphatic heterocycles. The molecule has 0 unspecified atom stereocenters. The van der Waals surface area contributed by atoms with Crippen LogP contribution in [0.3, 0.4) is 0 Å². The van der Waals surface area contributed by atoms with Gasteiger partial charge in [-0.05, 0) is 162 Å². The summed E-state index contributed by atoms with van der Waals surface area (Å²) in [5, 5.41) is 14.0. The first-order valence-electron chi connectivity index (χ1n) is 31.0. The summed E-state index contributed by atoms with van der Waals surface area (Å²) >= 11 is 0. The highest BCUT2D eigenvalue weighted by Crippen LogP contribution is 2.53. The number of benzene rings is 16. The Kier molecular flexibility index (Phi) is 12.0. The molecule has 0 aliphatic rings. The van der Waals surface area contributed by atoms with Gasteiger partial charge in [0.25, 0.3) is 0 Å². The molecule has 2 heterocycles. The first kappa shape index (κ1) is 51.4. The van der Waals surface area contributed by atoms with E-state index in [0.717, 1.165) is 99.5 Å². The minimum absolute atomic E-state index is 0.861. The van der Waals surface area contributed by atoms with Crippen molar-refractivity contribution in [3.05, 3.63) is 328 Å². The van der Waals surface area contributed by atoms with E-state index in [4.69, 9.17) is 8.83 Å². The van der Waals surface area contributed by atoms with Crippen LogP contribution in [-0.4, -0.2) is 0 Å². The molecule has 0 N–H and O–H groups in total. The van der Waals surface area contributed by atoms with Crippen molar-refractivity contribution in [3.63, 3.8) is 0 Å². The summed E-state index contributed by atoms with van der Waals surface area (Å²) in [6.07, 6.45) is 0. The number of rotatable bonds is 9. The van der Waals surface area contributed by atoms with E-state index < -0.39 is 0 Å². The lowest BCUT2D eigenvalue weighted by molar-refractivity contribution is 0.669. The molecule has 0 aliphatic carbocycles. The van der Waals surface area contributed by atoms with Crippen LogP contribution in [0.5, 0.6) is 0 Å². The summed E-state index contributed by atoms with van der Waals surface area (Å²) in [5.41, 5.74) is 24.4. The van der Waals surface area contributed by atoms with Crippen molar-refractivity contribution >= 4 is 87.0 Å². The van der Waals surface area contributed by atoms with E-state index in [-0.39, 0.29) is 0 Å². The molecule has 2 nitrogen and oxygen atoms in total. The first-order valence-corrected chi connectivity index (χ1v) is 31.0. The highest BCUT2D eigenvalue weighted by Gasteiger charge is 2.26. The van der Waals surface area contributed by atoms with Crippen molar-refractivity contribution in [1.29, 1.82) is 0 Å². The van der Waals surface area contributed by atoms with Crippen LogP contribution in [0.15, 0.2) is 336 Å². The lowest BCUT2D eigenvalue weighted by Gasteiger charge is -2.21. The monoisotopic (exact) mass is 1140 g/mol. The molecule has 0 saturated heterocycles. The minimum Gasteiger partial charge on any atom is -0.455 e. The Bertz CT molecular complexity index is 5770. The second-order valence-electron chi connectivity index (χ2n) is 23.6. The zero-order valence-corrected chi connectivity index (χ0v) is 49.0. The first-order chi connectivity index (χ1) is 44.7. The summed E-state index contributed by atoms with van der Waals surface area (Å²) < 4.78 is 14.0. The number of fused-ring (bicyclic) bond motifs is 10. The van der Waals surface area contributed by atoms with Crippen LogP contribution in [0.1, 0.15) is 0 Å². The second kappa shape index (κ2) is 21.0. The Hall–Kier alpha value is -11.8. The third-order valence-corrected chi connectivity index (χ3v) is 18.7. The maximum atomic E-state index is 7.13.